The van der Waals surface area contributed by atoms with E-state index in [2.05, 4.69) is 26.5 Å². The quantitative estimate of drug-likeness (QED) is 0.360. The van der Waals surface area contributed by atoms with Gasteiger partial charge in [-0.15, -0.1) is 0 Å². The van der Waals surface area contributed by atoms with Crippen molar-refractivity contribution >= 4 is 33.2 Å². The minimum Gasteiger partial charge on any atom is -0.451 e. The van der Waals surface area contributed by atoms with E-state index in [4.69, 9.17) is 4.42 Å². The van der Waals surface area contributed by atoms with E-state index in [1.165, 1.54) is 18.2 Å². The molecule has 1 aromatic heterocycles. The molecular formula is C19H14BrN3O4. The number of amides is 1. The Labute approximate surface area is 163 Å². The zero-order valence-corrected chi connectivity index (χ0v) is 15.8. The molecule has 0 fully saturated rings. The molecule has 7 nitrogen and oxygen atoms in total. The van der Waals surface area contributed by atoms with Crippen LogP contribution >= 0.6 is 15.9 Å². The lowest BCUT2D eigenvalue weighted by molar-refractivity contribution is -0.384. The molecule has 0 unspecified atom stereocenters. The molecule has 27 heavy (non-hydrogen) atoms. The van der Waals surface area contributed by atoms with Crippen LogP contribution in [0.15, 0.2) is 74.7 Å². The van der Waals surface area contributed by atoms with Gasteiger partial charge in [-0.3, -0.25) is 14.9 Å². The van der Waals surface area contributed by atoms with Crippen molar-refractivity contribution in [3.05, 3.63) is 86.6 Å². The Morgan fingerprint density at radius 1 is 1.07 bits per heavy atom. The van der Waals surface area contributed by atoms with Crippen LogP contribution in [0.5, 0.6) is 0 Å². The standard InChI is InChI=1S/C19H14BrN3O4/c1-12(13-2-6-15(20)7-3-13)21-22-19(24)18-11-10-17(27-18)14-4-8-16(9-5-14)23(25)26/h2-11H,1H3,(H,22,24)/b21-12+. The molecular weight excluding hydrogens is 414 g/mol. The highest BCUT2D eigenvalue weighted by Crippen LogP contribution is 2.24. The van der Waals surface area contributed by atoms with Crippen molar-refractivity contribution in [1.82, 2.24) is 5.43 Å². The number of furan rings is 1. The highest BCUT2D eigenvalue weighted by Gasteiger charge is 2.13. The van der Waals surface area contributed by atoms with Crippen LogP contribution < -0.4 is 5.43 Å². The number of non-ortho nitro benzene ring substituents is 1. The second kappa shape index (κ2) is 7.96. The summed E-state index contributed by atoms with van der Waals surface area (Å²) in [7, 11) is 0. The molecule has 1 N–H and O–H groups in total. The maximum absolute atomic E-state index is 12.2. The fourth-order valence-electron chi connectivity index (χ4n) is 2.31. The first kappa shape index (κ1) is 18.5. The number of benzene rings is 2. The van der Waals surface area contributed by atoms with Gasteiger partial charge in [-0.05, 0) is 48.9 Å². The second-order valence-corrected chi connectivity index (χ2v) is 6.53. The van der Waals surface area contributed by atoms with Crippen molar-refractivity contribution in [1.29, 1.82) is 0 Å². The second-order valence-electron chi connectivity index (χ2n) is 5.61. The van der Waals surface area contributed by atoms with E-state index in [9.17, 15) is 14.9 Å². The number of carbonyl (C=O) groups excluding carboxylic acids is 1. The van der Waals surface area contributed by atoms with Gasteiger partial charge in [0.2, 0.25) is 0 Å². The Bertz CT molecular complexity index is 1010. The largest absolute Gasteiger partial charge is 0.451 e. The summed E-state index contributed by atoms with van der Waals surface area (Å²) in [6.07, 6.45) is 0. The normalized spacial score (nSPS) is 11.3. The topological polar surface area (TPSA) is 97.7 Å². The zero-order valence-electron chi connectivity index (χ0n) is 14.2. The summed E-state index contributed by atoms with van der Waals surface area (Å²) in [6, 6.07) is 16.6. The lowest BCUT2D eigenvalue weighted by Gasteiger charge is -2.02. The number of nitrogens with one attached hydrogen (secondary N) is 1. The molecule has 3 aromatic rings. The third kappa shape index (κ3) is 4.48. The van der Waals surface area contributed by atoms with Crippen molar-refractivity contribution in [2.75, 3.05) is 0 Å². The number of halogens is 1. The molecule has 3 rings (SSSR count). The Hall–Kier alpha value is -3.26. The zero-order chi connectivity index (χ0) is 19.4. The number of hydrogen-bond donors (Lipinski definition) is 1. The highest BCUT2D eigenvalue weighted by molar-refractivity contribution is 9.10. The van der Waals surface area contributed by atoms with Gasteiger partial charge < -0.3 is 4.42 Å². The van der Waals surface area contributed by atoms with Gasteiger partial charge in [0.15, 0.2) is 5.76 Å². The number of nitro benzene ring substituents is 1. The Balaban J connectivity index is 1.70. The first-order valence-electron chi connectivity index (χ1n) is 7.89. The molecule has 1 heterocycles. The Kier molecular flexibility index (Phi) is 5.46. The lowest BCUT2D eigenvalue weighted by atomic mass is 10.1. The minimum atomic E-state index is -0.486. The third-order valence-electron chi connectivity index (χ3n) is 3.78. The first-order chi connectivity index (χ1) is 12.9. The molecule has 0 bridgehead atoms. The van der Waals surface area contributed by atoms with Crippen LogP contribution in [0.3, 0.4) is 0 Å². The number of nitro groups is 1. The van der Waals surface area contributed by atoms with Crippen molar-refractivity contribution in [3.63, 3.8) is 0 Å². The van der Waals surface area contributed by atoms with E-state index >= 15 is 0 Å². The predicted molar refractivity (Wildman–Crippen MR) is 105 cm³/mol. The molecule has 1 amide bonds. The van der Waals surface area contributed by atoms with Crippen LogP contribution in [-0.2, 0) is 0 Å². The van der Waals surface area contributed by atoms with E-state index in [1.807, 2.05) is 24.3 Å². The van der Waals surface area contributed by atoms with Crippen molar-refractivity contribution in [2.24, 2.45) is 5.10 Å². The average Bonchev–Trinajstić information content (AvgIpc) is 3.17. The molecule has 0 spiro atoms. The van der Waals surface area contributed by atoms with Gasteiger partial charge >= 0.3 is 5.91 Å². The van der Waals surface area contributed by atoms with Gasteiger partial charge in [0, 0.05) is 22.2 Å². The smallest absolute Gasteiger partial charge is 0.307 e. The number of nitrogens with zero attached hydrogens (tertiary/aromatic N) is 2. The number of rotatable bonds is 5. The number of hydrazone groups is 1. The lowest BCUT2D eigenvalue weighted by Crippen LogP contribution is -2.18. The van der Waals surface area contributed by atoms with Gasteiger partial charge in [0.25, 0.3) is 5.69 Å². The highest BCUT2D eigenvalue weighted by atomic mass is 79.9. The van der Waals surface area contributed by atoms with E-state index in [-0.39, 0.29) is 11.4 Å². The van der Waals surface area contributed by atoms with Crippen molar-refractivity contribution < 1.29 is 14.1 Å². The maximum atomic E-state index is 12.2. The minimum absolute atomic E-state index is 0.0129. The molecule has 0 aliphatic heterocycles. The van der Waals surface area contributed by atoms with Gasteiger partial charge in [0.1, 0.15) is 5.76 Å². The molecule has 136 valence electrons. The fourth-order valence-corrected chi connectivity index (χ4v) is 2.57. The van der Waals surface area contributed by atoms with Crippen LogP contribution in [0.25, 0.3) is 11.3 Å². The third-order valence-corrected chi connectivity index (χ3v) is 4.31. The van der Waals surface area contributed by atoms with Gasteiger partial charge in [-0.25, -0.2) is 5.43 Å². The molecule has 0 saturated heterocycles. The predicted octanol–water partition coefficient (Wildman–Crippen LogP) is 4.77. The van der Waals surface area contributed by atoms with E-state index in [0.29, 0.717) is 17.0 Å². The van der Waals surface area contributed by atoms with Crippen LogP contribution in [0.1, 0.15) is 23.0 Å². The molecule has 0 aliphatic rings. The monoisotopic (exact) mass is 427 g/mol. The summed E-state index contributed by atoms with van der Waals surface area (Å²) >= 11 is 3.36. The van der Waals surface area contributed by atoms with Crippen molar-refractivity contribution in [3.8, 4) is 11.3 Å². The van der Waals surface area contributed by atoms with Gasteiger partial charge in [-0.2, -0.15) is 5.10 Å². The Morgan fingerprint density at radius 2 is 1.74 bits per heavy atom. The molecule has 0 atom stereocenters. The van der Waals surface area contributed by atoms with Crippen LogP contribution in [0.2, 0.25) is 0 Å². The first-order valence-corrected chi connectivity index (χ1v) is 8.68. The van der Waals surface area contributed by atoms with Crippen LogP contribution in [-0.4, -0.2) is 16.5 Å². The summed E-state index contributed by atoms with van der Waals surface area (Å²) in [6.45, 7) is 1.79. The van der Waals surface area contributed by atoms with Gasteiger partial charge in [0.05, 0.1) is 10.6 Å². The van der Waals surface area contributed by atoms with E-state index in [0.717, 1.165) is 10.0 Å². The molecule has 8 heteroatoms. The summed E-state index contributed by atoms with van der Waals surface area (Å²) in [5, 5.41) is 14.8. The SMILES string of the molecule is C/C(=N\NC(=O)c1ccc(-c2ccc([N+](=O)[O-])cc2)o1)c1ccc(Br)cc1. The van der Waals surface area contributed by atoms with E-state index < -0.39 is 10.8 Å². The Morgan fingerprint density at radius 3 is 2.37 bits per heavy atom. The molecule has 0 radical (unpaired) electrons. The van der Waals surface area contributed by atoms with Crippen LogP contribution in [0.4, 0.5) is 5.69 Å². The number of carbonyl (C=O) groups is 1. The maximum Gasteiger partial charge on any atom is 0.307 e. The van der Waals surface area contributed by atoms with E-state index in [1.54, 1.807) is 25.1 Å². The summed E-state index contributed by atoms with van der Waals surface area (Å²) in [5.74, 6) is 0.0407. The summed E-state index contributed by atoms with van der Waals surface area (Å²) in [5.41, 5.74) is 4.61. The molecule has 0 saturated carbocycles. The molecule has 0 aliphatic carbocycles. The average molecular weight is 428 g/mol. The number of hydrogen-bond acceptors (Lipinski definition) is 5. The fraction of sp³-hybridized carbons (Fsp3) is 0.0526. The molecule has 2 aromatic carbocycles. The van der Waals surface area contributed by atoms with Crippen molar-refractivity contribution in [2.45, 2.75) is 6.92 Å². The van der Waals surface area contributed by atoms with Gasteiger partial charge in [-0.1, -0.05) is 28.1 Å². The van der Waals surface area contributed by atoms with Crippen LogP contribution in [0, 0.1) is 10.1 Å². The summed E-state index contributed by atoms with van der Waals surface area (Å²) in [4.78, 5) is 22.4. The summed E-state index contributed by atoms with van der Waals surface area (Å²) < 4.78 is 6.48.